The van der Waals surface area contributed by atoms with Crippen molar-refractivity contribution in [2.75, 3.05) is 19.7 Å². The second kappa shape index (κ2) is 9.04. The number of unbranched alkanes of at least 4 members (excludes halogenated alkanes) is 1. The summed E-state index contributed by atoms with van der Waals surface area (Å²) in [5, 5.41) is 0. The van der Waals surface area contributed by atoms with Gasteiger partial charge in [-0.05, 0) is 37.5 Å². The first-order chi connectivity index (χ1) is 13.4. The van der Waals surface area contributed by atoms with Gasteiger partial charge in [-0.1, -0.05) is 13.3 Å². The number of hydrogen-bond donors (Lipinski definition) is 0. The number of alkyl halides is 6. The average Bonchev–Trinajstić information content (AvgIpc) is 2.65. The number of nitrogens with zero attached hydrogens (tertiary/aromatic N) is 1. The zero-order chi connectivity index (χ0) is 21.8. The van der Waals surface area contributed by atoms with E-state index in [1.807, 2.05) is 6.92 Å². The molecule has 0 atom stereocenters. The number of rotatable bonds is 5. The maximum atomic E-state index is 13.2. The molecule has 1 heterocycles. The number of amides is 1. The van der Waals surface area contributed by atoms with Gasteiger partial charge in [-0.2, -0.15) is 26.3 Å². The maximum Gasteiger partial charge on any atom is 0.417 e. The molecular formula is C19H21F6NO3. The van der Waals surface area contributed by atoms with Crippen LogP contribution in [0.1, 0.15) is 54.1 Å². The molecule has 10 heteroatoms. The topological polar surface area (TPSA) is 46.6 Å². The van der Waals surface area contributed by atoms with Gasteiger partial charge in [0.15, 0.2) is 0 Å². The van der Waals surface area contributed by atoms with E-state index in [-0.39, 0.29) is 44.7 Å². The van der Waals surface area contributed by atoms with Crippen LogP contribution in [0.3, 0.4) is 0 Å². The molecule has 0 unspecified atom stereocenters. The first-order valence-corrected chi connectivity index (χ1v) is 9.19. The Kier molecular flexibility index (Phi) is 7.18. The van der Waals surface area contributed by atoms with E-state index in [1.165, 1.54) is 0 Å². The van der Waals surface area contributed by atoms with E-state index in [4.69, 9.17) is 4.74 Å². The van der Waals surface area contributed by atoms with Gasteiger partial charge in [-0.15, -0.1) is 0 Å². The molecule has 0 radical (unpaired) electrons. The third kappa shape index (κ3) is 5.86. The highest BCUT2D eigenvalue weighted by Gasteiger charge is 2.40. The maximum absolute atomic E-state index is 13.2. The molecule has 1 aliphatic heterocycles. The SMILES string of the molecule is CCCCOC(=O)C1CCN(C(=O)c2cc(C(F)(F)F)ccc2C(F)(F)F)CC1. The fourth-order valence-electron chi connectivity index (χ4n) is 3.07. The molecule has 162 valence electrons. The van der Waals surface area contributed by atoms with Crippen LogP contribution in [0.15, 0.2) is 18.2 Å². The van der Waals surface area contributed by atoms with Crippen molar-refractivity contribution < 1.29 is 40.7 Å². The molecule has 4 nitrogen and oxygen atoms in total. The zero-order valence-corrected chi connectivity index (χ0v) is 15.7. The largest absolute Gasteiger partial charge is 0.465 e. The minimum atomic E-state index is -4.98. The van der Waals surface area contributed by atoms with Gasteiger partial charge >= 0.3 is 18.3 Å². The molecule has 29 heavy (non-hydrogen) atoms. The Morgan fingerprint density at radius 1 is 1.07 bits per heavy atom. The molecule has 1 aromatic rings. The van der Waals surface area contributed by atoms with Crippen LogP contribution >= 0.6 is 0 Å². The predicted molar refractivity (Wildman–Crippen MR) is 90.9 cm³/mol. The Morgan fingerprint density at radius 2 is 1.69 bits per heavy atom. The molecule has 1 amide bonds. The van der Waals surface area contributed by atoms with Gasteiger partial charge in [0.25, 0.3) is 5.91 Å². The lowest BCUT2D eigenvalue weighted by Gasteiger charge is -2.31. The van der Waals surface area contributed by atoms with Gasteiger partial charge in [0.1, 0.15) is 0 Å². The van der Waals surface area contributed by atoms with E-state index in [0.717, 1.165) is 11.3 Å². The van der Waals surface area contributed by atoms with Crippen LogP contribution in [0, 0.1) is 5.92 Å². The number of carbonyl (C=O) groups excluding carboxylic acids is 2. The van der Waals surface area contributed by atoms with Crippen molar-refractivity contribution in [1.82, 2.24) is 4.90 Å². The van der Waals surface area contributed by atoms with Gasteiger partial charge in [0.2, 0.25) is 0 Å². The third-order valence-electron chi connectivity index (χ3n) is 4.74. The molecule has 1 aliphatic rings. The molecule has 0 bridgehead atoms. The number of hydrogen-bond acceptors (Lipinski definition) is 3. The van der Waals surface area contributed by atoms with Crippen LogP contribution < -0.4 is 0 Å². The van der Waals surface area contributed by atoms with Crippen LogP contribution in [-0.2, 0) is 21.9 Å². The van der Waals surface area contributed by atoms with E-state index in [2.05, 4.69) is 0 Å². The number of ether oxygens (including phenoxy) is 1. The van der Waals surface area contributed by atoms with Gasteiger partial charge in [-0.3, -0.25) is 9.59 Å². The Bertz CT molecular complexity index is 736. The van der Waals surface area contributed by atoms with Crippen LogP contribution in [-0.4, -0.2) is 36.5 Å². The normalized spacial score (nSPS) is 16.0. The van der Waals surface area contributed by atoms with Gasteiger partial charge in [0.05, 0.1) is 29.2 Å². The van der Waals surface area contributed by atoms with E-state index < -0.39 is 46.8 Å². The molecule has 0 saturated carbocycles. The summed E-state index contributed by atoms with van der Waals surface area (Å²) in [7, 11) is 0. The lowest BCUT2D eigenvalue weighted by Crippen LogP contribution is -2.41. The molecule has 0 N–H and O–H groups in total. The van der Waals surface area contributed by atoms with Crippen LogP contribution in [0.25, 0.3) is 0 Å². The highest BCUT2D eigenvalue weighted by molar-refractivity contribution is 5.96. The fourth-order valence-corrected chi connectivity index (χ4v) is 3.07. The van der Waals surface area contributed by atoms with Crippen molar-refractivity contribution in [2.45, 2.75) is 45.0 Å². The molecule has 2 rings (SSSR count). The summed E-state index contributed by atoms with van der Waals surface area (Å²) in [6, 6.07) is 0.808. The molecule has 1 aromatic carbocycles. The summed E-state index contributed by atoms with van der Waals surface area (Å²) in [4.78, 5) is 25.6. The first-order valence-electron chi connectivity index (χ1n) is 9.19. The van der Waals surface area contributed by atoms with Crippen molar-refractivity contribution in [3.05, 3.63) is 34.9 Å². The smallest absolute Gasteiger partial charge is 0.417 e. The van der Waals surface area contributed by atoms with Crippen LogP contribution in [0.2, 0.25) is 0 Å². The number of halogens is 6. The number of carbonyl (C=O) groups is 2. The van der Waals surface area contributed by atoms with Crippen molar-refractivity contribution in [3.8, 4) is 0 Å². The van der Waals surface area contributed by atoms with E-state index in [9.17, 15) is 35.9 Å². The average molecular weight is 425 g/mol. The van der Waals surface area contributed by atoms with Crippen LogP contribution in [0.5, 0.6) is 0 Å². The summed E-state index contributed by atoms with van der Waals surface area (Å²) < 4.78 is 83.5. The first kappa shape index (κ1) is 23.0. The van der Waals surface area contributed by atoms with E-state index in [0.29, 0.717) is 12.5 Å². The summed E-state index contributed by atoms with van der Waals surface area (Å²) in [6.07, 6.45) is -7.95. The Hall–Kier alpha value is -2.26. The van der Waals surface area contributed by atoms with E-state index in [1.54, 1.807) is 0 Å². The fraction of sp³-hybridized carbons (Fsp3) is 0.579. The molecule has 0 spiro atoms. The lowest BCUT2D eigenvalue weighted by molar-refractivity contribution is -0.150. The van der Waals surface area contributed by atoms with Gasteiger partial charge in [-0.25, -0.2) is 0 Å². The second-order valence-electron chi connectivity index (χ2n) is 6.84. The molecule has 0 aromatic heterocycles. The third-order valence-corrected chi connectivity index (χ3v) is 4.74. The summed E-state index contributed by atoms with van der Waals surface area (Å²) in [5.74, 6) is -2.05. The number of esters is 1. The zero-order valence-electron chi connectivity index (χ0n) is 15.7. The highest BCUT2D eigenvalue weighted by Crippen LogP contribution is 2.37. The quantitative estimate of drug-likeness (QED) is 0.382. The number of benzene rings is 1. The standard InChI is InChI=1S/C19H21F6NO3/c1-2-3-10-29-17(28)12-6-8-26(9-7-12)16(27)14-11-13(18(20,21)22)4-5-15(14)19(23,24)25/h4-5,11-12H,2-3,6-10H2,1H3. The molecule has 1 saturated heterocycles. The Morgan fingerprint density at radius 3 is 2.21 bits per heavy atom. The number of likely N-dealkylation sites (tertiary alicyclic amines) is 1. The van der Waals surface area contributed by atoms with E-state index >= 15 is 0 Å². The van der Waals surface area contributed by atoms with Crippen molar-refractivity contribution in [1.29, 1.82) is 0 Å². The Balaban J connectivity index is 2.15. The monoisotopic (exact) mass is 425 g/mol. The van der Waals surface area contributed by atoms with Gasteiger partial charge in [0, 0.05) is 13.1 Å². The molecule has 0 aliphatic carbocycles. The lowest BCUT2D eigenvalue weighted by atomic mass is 9.95. The minimum Gasteiger partial charge on any atom is -0.465 e. The summed E-state index contributed by atoms with van der Waals surface area (Å²) in [6.45, 7) is 2.12. The molecule has 1 fully saturated rings. The Labute approximate surface area is 163 Å². The van der Waals surface area contributed by atoms with Gasteiger partial charge < -0.3 is 9.64 Å². The molecular weight excluding hydrogens is 404 g/mol. The van der Waals surface area contributed by atoms with Crippen molar-refractivity contribution >= 4 is 11.9 Å². The summed E-state index contributed by atoms with van der Waals surface area (Å²) in [5.41, 5.74) is -3.80. The highest BCUT2D eigenvalue weighted by atomic mass is 19.4. The number of piperidine rings is 1. The summed E-state index contributed by atoms with van der Waals surface area (Å²) >= 11 is 0. The predicted octanol–water partition coefficient (Wildman–Crippen LogP) is 4.92. The van der Waals surface area contributed by atoms with Crippen molar-refractivity contribution in [2.24, 2.45) is 5.92 Å². The van der Waals surface area contributed by atoms with Crippen molar-refractivity contribution in [3.63, 3.8) is 0 Å². The van der Waals surface area contributed by atoms with Crippen LogP contribution in [0.4, 0.5) is 26.3 Å². The minimum absolute atomic E-state index is 0.0417. The second-order valence-corrected chi connectivity index (χ2v) is 6.84.